The highest BCUT2D eigenvalue weighted by Gasteiger charge is 2.14. The molecule has 3 rings (SSSR count). The Morgan fingerprint density at radius 2 is 0.921 bits per heavy atom. The van der Waals surface area contributed by atoms with Crippen LogP contribution in [0.4, 0.5) is 0 Å². The van der Waals surface area contributed by atoms with E-state index in [0.717, 1.165) is 5.56 Å². The summed E-state index contributed by atoms with van der Waals surface area (Å²) < 4.78 is 38.3. The van der Waals surface area contributed by atoms with Gasteiger partial charge in [0.15, 0.2) is 23.0 Å². The number of benzene rings is 3. The van der Waals surface area contributed by atoms with Gasteiger partial charge in [0.05, 0.1) is 55.3 Å². The summed E-state index contributed by atoms with van der Waals surface area (Å²) >= 11 is 3.52. The van der Waals surface area contributed by atoms with E-state index in [0.29, 0.717) is 67.8 Å². The van der Waals surface area contributed by atoms with E-state index >= 15 is 0 Å². The van der Waals surface area contributed by atoms with Gasteiger partial charge in [0.25, 0.3) is 0 Å². The van der Waals surface area contributed by atoms with Gasteiger partial charge in [-0.15, -0.1) is 0 Å². The first-order valence-electron chi connectivity index (χ1n) is 11.4. The van der Waals surface area contributed by atoms with Crippen LogP contribution in [0.25, 0.3) is 0 Å². The Labute approximate surface area is 232 Å². The van der Waals surface area contributed by atoms with E-state index < -0.39 is 0 Å². The van der Waals surface area contributed by atoms with Gasteiger partial charge in [-0.2, -0.15) is 0 Å². The van der Waals surface area contributed by atoms with Gasteiger partial charge in [0.2, 0.25) is 11.5 Å². The SMILES string of the molecule is COc1cc(CBr)cc(C#Cc2cc(OC)c(OC)c(OC)c2)c1C#Cc1cc(OC)c(OC)c(OC)c1. The van der Waals surface area contributed by atoms with Crippen molar-refractivity contribution in [3.05, 3.63) is 64.2 Å². The molecule has 0 saturated heterocycles. The van der Waals surface area contributed by atoms with E-state index in [1.54, 1.807) is 74.0 Å². The lowest BCUT2D eigenvalue weighted by atomic mass is 10.0. The van der Waals surface area contributed by atoms with Crippen LogP contribution in [0.5, 0.6) is 40.2 Å². The molecule has 0 heterocycles. The van der Waals surface area contributed by atoms with Crippen molar-refractivity contribution in [2.24, 2.45) is 0 Å². The fraction of sp³-hybridized carbons (Fsp3) is 0.267. The molecule has 0 aliphatic rings. The van der Waals surface area contributed by atoms with Crippen LogP contribution in [-0.2, 0) is 5.33 Å². The minimum Gasteiger partial charge on any atom is -0.495 e. The van der Waals surface area contributed by atoms with E-state index in [-0.39, 0.29) is 0 Å². The summed E-state index contributed by atoms with van der Waals surface area (Å²) in [5.74, 6) is 16.5. The molecule has 0 spiro atoms. The molecular weight excluding hydrogens is 552 g/mol. The lowest BCUT2D eigenvalue weighted by molar-refractivity contribution is 0.324. The lowest BCUT2D eigenvalue weighted by Gasteiger charge is -2.12. The number of hydrogen-bond acceptors (Lipinski definition) is 7. The van der Waals surface area contributed by atoms with Crippen LogP contribution in [0.1, 0.15) is 27.8 Å². The van der Waals surface area contributed by atoms with Gasteiger partial charge in [-0.05, 0) is 42.0 Å². The second kappa shape index (κ2) is 13.4. The molecule has 0 unspecified atom stereocenters. The van der Waals surface area contributed by atoms with Crippen molar-refractivity contribution in [2.75, 3.05) is 49.8 Å². The van der Waals surface area contributed by atoms with Crippen LogP contribution in [0.3, 0.4) is 0 Å². The first-order chi connectivity index (χ1) is 18.5. The van der Waals surface area contributed by atoms with Crippen LogP contribution >= 0.6 is 15.9 Å². The molecule has 0 N–H and O–H groups in total. The molecule has 0 bridgehead atoms. The Morgan fingerprint density at radius 1 is 0.500 bits per heavy atom. The summed E-state index contributed by atoms with van der Waals surface area (Å²) in [6.45, 7) is 0. The third kappa shape index (κ3) is 6.22. The van der Waals surface area contributed by atoms with Crippen molar-refractivity contribution in [2.45, 2.75) is 5.33 Å². The summed E-state index contributed by atoms with van der Waals surface area (Å²) in [5, 5.41) is 0.628. The Morgan fingerprint density at radius 3 is 1.29 bits per heavy atom. The molecule has 0 saturated carbocycles. The maximum Gasteiger partial charge on any atom is 0.203 e. The molecule has 0 radical (unpaired) electrons. The number of methoxy groups -OCH3 is 7. The molecule has 0 amide bonds. The third-order valence-corrected chi connectivity index (χ3v) is 6.19. The van der Waals surface area contributed by atoms with E-state index in [9.17, 15) is 0 Å². The highest BCUT2D eigenvalue weighted by Crippen LogP contribution is 2.39. The average molecular weight is 581 g/mol. The van der Waals surface area contributed by atoms with Gasteiger partial charge in [-0.1, -0.05) is 39.6 Å². The summed E-state index contributed by atoms with van der Waals surface area (Å²) in [5.41, 5.74) is 3.70. The molecule has 3 aromatic carbocycles. The smallest absolute Gasteiger partial charge is 0.203 e. The maximum atomic E-state index is 5.68. The van der Waals surface area contributed by atoms with Crippen LogP contribution in [0.15, 0.2) is 36.4 Å². The molecule has 0 aliphatic carbocycles. The number of ether oxygens (including phenoxy) is 7. The Balaban J connectivity index is 2.17. The van der Waals surface area contributed by atoms with Crippen molar-refractivity contribution in [3.8, 4) is 63.9 Å². The van der Waals surface area contributed by atoms with Gasteiger partial charge >= 0.3 is 0 Å². The second-order valence-electron chi connectivity index (χ2n) is 7.68. The fourth-order valence-electron chi connectivity index (χ4n) is 3.72. The average Bonchev–Trinajstić information content (AvgIpc) is 2.97. The van der Waals surface area contributed by atoms with E-state index in [2.05, 4.69) is 39.6 Å². The van der Waals surface area contributed by atoms with Gasteiger partial charge < -0.3 is 33.2 Å². The highest BCUT2D eigenvalue weighted by atomic mass is 79.9. The zero-order valence-electron chi connectivity index (χ0n) is 22.4. The summed E-state index contributed by atoms with van der Waals surface area (Å²) in [7, 11) is 11.0. The molecule has 3 aromatic rings. The quantitative estimate of drug-likeness (QED) is 0.259. The zero-order valence-corrected chi connectivity index (χ0v) is 24.0. The molecule has 198 valence electrons. The second-order valence-corrected chi connectivity index (χ2v) is 8.24. The van der Waals surface area contributed by atoms with Gasteiger partial charge in [-0.25, -0.2) is 0 Å². The Kier molecular flexibility index (Phi) is 10.0. The minimum absolute atomic E-state index is 0.497. The standard InChI is InChI=1S/C30H29BrO7/c1-32-24-17-21(18-31)12-22(10-8-19-13-25(33-2)29(37-6)26(14-19)34-3)23(24)11-9-20-15-27(35-4)30(38-7)28(16-20)36-5/h12-17H,18H2,1-7H3. The van der Waals surface area contributed by atoms with Crippen molar-refractivity contribution in [3.63, 3.8) is 0 Å². The third-order valence-electron chi connectivity index (χ3n) is 5.54. The largest absolute Gasteiger partial charge is 0.495 e. The molecule has 0 aliphatic heterocycles. The first kappa shape index (κ1) is 28.4. The van der Waals surface area contributed by atoms with Gasteiger partial charge in [0.1, 0.15) is 5.75 Å². The van der Waals surface area contributed by atoms with Crippen molar-refractivity contribution in [1.82, 2.24) is 0 Å². The minimum atomic E-state index is 0.497. The van der Waals surface area contributed by atoms with E-state index in [1.165, 1.54) is 0 Å². The van der Waals surface area contributed by atoms with Gasteiger partial charge in [-0.3, -0.25) is 0 Å². The van der Waals surface area contributed by atoms with Crippen molar-refractivity contribution < 1.29 is 33.2 Å². The topological polar surface area (TPSA) is 64.6 Å². The van der Waals surface area contributed by atoms with Crippen LogP contribution in [0.2, 0.25) is 0 Å². The molecule has 8 heteroatoms. The monoisotopic (exact) mass is 580 g/mol. The van der Waals surface area contributed by atoms with Crippen LogP contribution in [0, 0.1) is 23.7 Å². The Hall–Kier alpha value is -4.14. The molecule has 38 heavy (non-hydrogen) atoms. The predicted octanol–water partition coefficient (Wildman–Crippen LogP) is 5.44. The van der Waals surface area contributed by atoms with Gasteiger partial charge in [0, 0.05) is 22.0 Å². The summed E-state index contributed by atoms with van der Waals surface area (Å²) in [6, 6.07) is 11.1. The number of alkyl halides is 1. The van der Waals surface area contributed by atoms with Crippen LogP contribution < -0.4 is 33.2 Å². The number of halogens is 1. The number of hydrogen-bond donors (Lipinski definition) is 0. The number of rotatable bonds is 8. The highest BCUT2D eigenvalue weighted by molar-refractivity contribution is 9.08. The zero-order chi connectivity index (χ0) is 27.7. The molecular formula is C30H29BrO7. The van der Waals surface area contributed by atoms with Crippen molar-refractivity contribution in [1.29, 1.82) is 0 Å². The molecule has 0 aromatic heterocycles. The van der Waals surface area contributed by atoms with E-state index in [1.807, 2.05) is 12.1 Å². The van der Waals surface area contributed by atoms with Crippen molar-refractivity contribution >= 4 is 15.9 Å². The summed E-state index contributed by atoms with van der Waals surface area (Å²) in [6.07, 6.45) is 0. The summed E-state index contributed by atoms with van der Waals surface area (Å²) in [4.78, 5) is 0. The predicted molar refractivity (Wildman–Crippen MR) is 150 cm³/mol. The molecule has 0 fully saturated rings. The fourth-order valence-corrected chi connectivity index (χ4v) is 4.04. The molecule has 0 atom stereocenters. The normalized spacial score (nSPS) is 9.79. The van der Waals surface area contributed by atoms with Crippen LogP contribution in [-0.4, -0.2) is 49.8 Å². The lowest BCUT2D eigenvalue weighted by Crippen LogP contribution is -1.97. The molecule has 7 nitrogen and oxygen atoms in total. The van der Waals surface area contributed by atoms with E-state index in [4.69, 9.17) is 33.2 Å². The maximum absolute atomic E-state index is 5.68. The first-order valence-corrected chi connectivity index (χ1v) is 12.5. The Bertz CT molecular complexity index is 1370.